The lowest BCUT2D eigenvalue weighted by molar-refractivity contribution is 0.112. The van der Waals surface area contributed by atoms with Gasteiger partial charge in [0.25, 0.3) is 0 Å². The van der Waals surface area contributed by atoms with Crippen molar-refractivity contribution in [3.05, 3.63) is 33.1 Å². The fourth-order valence-electron chi connectivity index (χ4n) is 1.85. The number of ether oxygens (including phenoxy) is 2. The number of halogens is 1. The first-order chi connectivity index (χ1) is 9.63. The van der Waals surface area contributed by atoms with Crippen molar-refractivity contribution in [1.82, 2.24) is 0 Å². The third-order valence-electron chi connectivity index (χ3n) is 2.67. The zero-order valence-electron chi connectivity index (χ0n) is 11.1. The number of carbonyl (C=O) groups is 1. The van der Waals surface area contributed by atoms with Crippen LogP contribution in [0.4, 0.5) is 0 Å². The molecule has 2 rings (SSSR count). The Morgan fingerprint density at radius 1 is 1.25 bits per heavy atom. The largest absolute Gasteiger partial charge is 0.490 e. The Morgan fingerprint density at radius 2 is 1.95 bits per heavy atom. The molecule has 0 bridgehead atoms. The molecule has 0 radical (unpaired) electrons. The number of rotatable bonds is 5. The first-order valence-corrected chi connectivity index (χ1v) is 6.51. The summed E-state index contributed by atoms with van der Waals surface area (Å²) in [6.45, 7) is 4.44. The Balaban J connectivity index is 2.83. The quantitative estimate of drug-likeness (QED) is 0.626. The molecule has 1 heterocycles. The summed E-state index contributed by atoms with van der Waals surface area (Å²) in [5.41, 5.74) is -0.823. The summed E-state index contributed by atoms with van der Waals surface area (Å²) < 4.78 is 16.1. The number of benzene rings is 1. The molecule has 0 aliphatic rings. The zero-order valence-corrected chi connectivity index (χ0v) is 11.8. The second-order valence-electron chi connectivity index (χ2n) is 3.87. The second-order valence-corrected chi connectivity index (χ2v) is 4.25. The summed E-state index contributed by atoms with van der Waals surface area (Å²) in [5, 5.41) is 0.482. The smallest absolute Gasteiger partial charge is 0.348 e. The van der Waals surface area contributed by atoms with E-state index >= 15 is 0 Å². The van der Waals surface area contributed by atoms with Crippen LogP contribution >= 0.6 is 11.6 Å². The minimum atomic E-state index is -0.799. The van der Waals surface area contributed by atoms with Gasteiger partial charge in [-0.15, -0.1) is 0 Å². The van der Waals surface area contributed by atoms with Crippen LogP contribution in [-0.2, 0) is 0 Å². The summed E-state index contributed by atoms with van der Waals surface area (Å²) in [7, 11) is 0. The fourth-order valence-corrected chi connectivity index (χ4v) is 2.12. The number of hydrogen-bond acceptors (Lipinski definition) is 5. The van der Waals surface area contributed by atoms with Gasteiger partial charge < -0.3 is 13.9 Å². The average Bonchev–Trinajstić information content (AvgIpc) is 2.42. The van der Waals surface area contributed by atoms with Crippen molar-refractivity contribution in [2.24, 2.45) is 0 Å². The maximum Gasteiger partial charge on any atom is 0.348 e. The van der Waals surface area contributed by atoms with Crippen molar-refractivity contribution < 1.29 is 18.7 Å². The number of carbonyl (C=O) groups excluding carboxylic acids is 1. The molecule has 0 spiro atoms. The van der Waals surface area contributed by atoms with Crippen LogP contribution in [0.5, 0.6) is 11.5 Å². The summed E-state index contributed by atoms with van der Waals surface area (Å²) in [4.78, 5) is 22.6. The molecule has 0 amide bonds. The molecular weight excluding hydrogens is 284 g/mol. The van der Waals surface area contributed by atoms with Crippen LogP contribution in [0.1, 0.15) is 24.2 Å². The van der Waals surface area contributed by atoms with Gasteiger partial charge in [0, 0.05) is 5.39 Å². The Labute approximate surface area is 120 Å². The molecule has 20 heavy (non-hydrogen) atoms. The Kier molecular flexibility index (Phi) is 4.29. The molecule has 0 fully saturated rings. The van der Waals surface area contributed by atoms with Gasteiger partial charge in [0.1, 0.15) is 5.56 Å². The summed E-state index contributed by atoms with van der Waals surface area (Å²) in [6, 6.07) is 3.29. The van der Waals surface area contributed by atoms with Crippen LogP contribution in [0.3, 0.4) is 0 Å². The van der Waals surface area contributed by atoms with Crippen LogP contribution < -0.4 is 15.1 Å². The van der Waals surface area contributed by atoms with Crippen molar-refractivity contribution >= 4 is 28.9 Å². The van der Waals surface area contributed by atoms with Gasteiger partial charge in [0.15, 0.2) is 17.6 Å². The van der Waals surface area contributed by atoms with Crippen LogP contribution in [0.15, 0.2) is 21.3 Å². The Morgan fingerprint density at radius 3 is 2.55 bits per heavy atom. The van der Waals surface area contributed by atoms with E-state index in [-0.39, 0.29) is 16.2 Å². The SMILES string of the molecule is CCOc1ccc2c(Cl)c(C=O)c(=O)oc2c1OCC. The van der Waals surface area contributed by atoms with Crippen LogP contribution in [0, 0.1) is 0 Å². The minimum absolute atomic E-state index is 0.0512. The molecule has 0 N–H and O–H groups in total. The van der Waals surface area contributed by atoms with Crippen molar-refractivity contribution in [2.45, 2.75) is 13.8 Å². The summed E-state index contributed by atoms with van der Waals surface area (Å²) in [5.74, 6) is 0.767. The zero-order chi connectivity index (χ0) is 14.7. The summed E-state index contributed by atoms with van der Waals surface area (Å²) in [6.07, 6.45) is 0.379. The number of hydrogen-bond donors (Lipinski definition) is 0. The highest BCUT2D eigenvalue weighted by atomic mass is 35.5. The molecule has 1 aromatic heterocycles. The molecule has 6 heteroatoms. The van der Waals surface area contributed by atoms with Gasteiger partial charge in [-0.1, -0.05) is 11.6 Å². The molecule has 106 valence electrons. The van der Waals surface area contributed by atoms with Gasteiger partial charge >= 0.3 is 5.63 Å². The molecule has 0 saturated carbocycles. The third-order valence-corrected chi connectivity index (χ3v) is 3.08. The predicted molar refractivity (Wildman–Crippen MR) is 75.2 cm³/mol. The second kappa shape index (κ2) is 5.96. The molecule has 5 nitrogen and oxygen atoms in total. The van der Waals surface area contributed by atoms with Gasteiger partial charge in [0.05, 0.1) is 18.2 Å². The Hall–Kier alpha value is -2.01. The predicted octanol–water partition coefficient (Wildman–Crippen LogP) is 3.06. The lowest BCUT2D eigenvalue weighted by Crippen LogP contribution is -2.08. The van der Waals surface area contributed by atoms with Crippen molar-refractivity contribution in [3.8, 4) is 11.5 Å². The van der Waals surface area contributed by atoms with Gasteiger partial charge in [-0.05, 0) is 26.0 Å². The normalized spacial score (nSPS) is 10.6. The highest BCUT2D eigenvalue weighted by Crippen LogP contribution is 2.38. The first kappa shape index (κ1) is 14.4. The van der Waals surface area contributed by atoms with Gasteiger partial charge in [-0.2, -0.15) is 0 Å². The number of fused-ring (bicyclic) bond motifs is 1. The lowest BCUT2D eigenvalue weighted by atomic mass is 10.1. The van der Waals surface area contributed by atoms with Gasteiger partial charge in [-0.25, -0.2) is 4.79 Å². The van der Waals surface area contributed by atoms with Crippen LogP contribution in [0.2, 0.25) is 5.02 Å². The molecule has 1 aromatic carbocycles. The van der Waals surface area contributed by atoms with E-state index < -0.39 is 5.63 Å². The number of aldehydes is 1. The third kappa shape index (κ3) is 2.36. The van der Waals surface area contributed by atoms with Gasteiger partial charge in [0.2, 0.25) is 5.75 Å². The summed E-state index contributed by atoms with van der Waals surface area (Å²) >= 11 is 6.06. The van der Waals surface area contributed by atoms with Crippen molar-refractivity contribution in [3.63, 3.8) is 0 Å². The fraction of sp³-hybridized carbons (Fsp3) is 0.286. The lowest BCUT2D eigenvalue weighted by Gasteiger charge is -2.13. The maximum absolute atomic E-state index is 11.7. The van der Waals surface area contributed by atoms with E-state index in [1.165, 1.54) is 0 Å². The van der Waals surface area contributed by atoms with Crippen LogP contribution in [0.25, 0.3) is 11.0 Å². The van der Waals surface area contributed by atoms with E-state index in [2.05, 4.69) is 0 Å². The molecular formula is C14H13ClO5. The maximum atomic E-state index is 11.7. The highest BCUT2D eigenvalue weighted by molar-refractivity contribution is 6.37. The van der Waals surface area contributed by atoms with E-state index in [0.717, 1.165) is 0 Å². The van der Waals surface area contributed by atoms with Crippen molar-refractivity contribution in [1.29, 1.82) is 0 Å². The van der Waals surface area contributed by atoms with Gasteiger partial charge in [-0.3, -0.25) is 4.79 Å². The minimum Gasteiger partial charge on any atom is -0.490 e. The topological polar surface area (TPSA) is 65.7 Å². The molecule has 2 aromatic rings. The monoisotopic (exact) mass is 296 g/mol. The van der Waals surface area contributed by atoms with E-state index in [1.807, 2.05) is 6.92 Å². The highest BCUT2D eigenvalue weighted by Gasteiger charge is 2.19. The first-order valence-electron chi connectivity index (χ1n) is 6.14. The van der Waals surface area contributed by atoms with Crippen molar-refractivity contribution in [2.75, 3.05) is 13.2 Å². The molecule has 0 saturated heterocycles. The Bertz CT molecular complexity index is 705. The molecule has 0 aliphatic carbocycles. The van der Waals surface area contributed by atoms with E-state index in [0.29, 0.717) is 36.4 Å². The molecule has 0 unspecified atom stereocenters. The standard InChI is InChI=1S/C14H13ClO5/c1-3-18-10-6-5-8-11(15)9(7-16)14(17)20-12(8)13(10)19-4-2/h5-7H,3-4H2,1-2H3. The molecule has 0 aliphatic heterocycles. The molecule has 0 atom stereocenters. The van der Waals surface area contributed by atoms with Crippen LogP contribution in [-0.4, -0.2) is 19.5 Å². The van der Waals surface area contributed by atoms with E-state index in [1.54, 1.807) is 19.1 Å². The van der Waals surface area contributed by atoms with E-state index in [4.69, 9.17) is 25.5 Å². The average molecular weight is 297 g/mol. The van der Waals surface area contributed by atoms with E-state index in [9.17, 15) is 9.59 Å².